The average Bonchev–Trinajstić information content (AvgIpc) is 2.16. The van der Waals surface area contributed by atoms with E-state index in [1.54, 1.807) is 0 Å². The lowest BCUT2D eigenvalue weighted by Gasteiger charge is -2.09. The molecule has 0 bridgehead atoms. The van der Waals surface area contributed by atoms with Crippen LogP contribution in [0.5, 0.6) is 0 Å². The first-order chi connectivity index (χ1) is 6.63. The van der Waals surface area contributed by atoms with Crippen molar-refractivity contribution in [2.75, 3.05) is 11.9 Å². The average molecular weight is 209 g/mol. The smallest absolute Gasteiger partial charge is 0.0671 e. The van der Waals surface area contributed by atoms with E-state index in [0.29, 0.717) is 11.6 Å². The number of nitriles is 1. The fraction of sp³-hybridized carbons (Fsp3) is 0.364. The van der Waals surface area contributed by atoms with Crippen molar-refractivity contribution < 1.29 is 0 Å². The van der Waals surface area contributed by atoms with Crippen molar-refractivity contribution in [2.45, 2.75) is 13.8 Å². The van der Waals surface area contributed by atoms with Gasteiger partial charge in [0, 0.05) is 6.54 Å². The topological polar surface area (TPSA) is 35.8 Å². The van der Waals surface area contributed by atoms with Gasteiger partial charge in [0.25, 0.3) is 0 Å². The minimum absolute atomic E-state index is 0.00707. The number of hydrogen-bond donors (Lipinski definition) is 1. The molecule has 0 amide bonds. The molecule has 1 atom stereocenters. The molecule has 0 aliphatic rings. The lowest BCUT2D eigenvalue weighted by atomic mass is 10.2. The molecule has 14 heavy (non-hydrogen) atoms. The van der Waals surface area contributed by atoms with Gasteiger partial charge in [0.05, 0.1) is 22.7 Å². The quantitative estimate of drug-likeness (QED) is 0.828. The van der Waals surface area contributed by atoms with Crippen molar-refractivity contribution >= 4 is 17.3 Å². The second-order valence-corrected chi connectivity index (χ2v) is 3.80. The molecule has 1 rings (SSSR count). The lowest BCUT2D eigenvalue weighted by Crippen LogP contribution is -2.09. The van der Waals surface area contributed by atoms with Crippen LogP contribution in [-0.2, 0) is 0 Å². The Balaban J connectivity index is 2.64. The van der Waals surface area contributed by atoms with E-state index >= 15 is 0 Å². The van der Waals surface area contributed by atoms with Crippen LogP contribution < -0.4 is 5.32 Å². The first-order valence-electron chi connectivity index (χ1n) is 4.53. The molecule has 0 aliphatic heterocycles. The Kier molecular flexibility index (Phi) is 3.79. The van der Waals surface area contributed by atoms with Gasteiger partial charge in [-0.15, -0.1) is 0 Å². The van der Waals surface area contributed by atoms with E-state index < -0.39 is 0 Å². The monoisotopic (exact) mass is 208 g/mol. The number of halogens is 1. The third-order valence-corrected chi connectivity index (χ3v) is 2.26. The summed E-state index contributed by atoms with van der Waals surface area (Å²) in [6.07, 6.45) is 0. The van der Waals surface area contributed by atoms with E-state index in [2.05, 4.69) is 11.4 Å². The first kappa shape index (κ1) is 10.9. The molecule has 0 fully saturated rings. The minimum Gasteiger partial charge on any atom is -0.383 e. The first-order valence-corrected chi connectivity index (χ1v) is 4.91. The molecule has 1 unspecified atom stereocenters. The van der Waals surface area contributed by atoms with Crippen LogP contribution in [-0.4, -0.2) is 6.54 Å². The standard InChI is InChI=1S/C11H13ClN2/c1-8-3-4-11(10(12)5-8)14-7-9(2)6-13/h3-5,9,14H,7H2,1-2H3. The molecule has 3 heteroatoms. The predicted molar refractivity (Wildman–Crippen MR) is 59.5 cm³/mol. The van der Waals surface area contributed by atoms with Crippen LogP contribution in [0.3, 0.4) is 0 Å². The van der Waals surface area contributed by atoms with Crippen LogP contribution in [0.4, 0.5) is 5.69 Å². The molecule has 2 nitrogen and oxygen atoms in total. The molecular formula is C11H13ClN2. The molecule has 0 aromatic heterocycles. The molecule has 0 aliphatic carbocycles. The minimum atomic E-state index is -0.00707. The summed E-state index contributed by atoms with van der Waals surface area (Å²) in [5.74, 6) is -0.00707. The number of rotatable bonds is 3. The number of nitrogens with one attached hydrogen (secondary N) is 1. The molecule has 1 aromatic carbocycles. The molecular weight excluding hydrogens is 196 g/mol. The Morgan fingerprint density at radius 3 is 2.86 bits per heavy atom. The Morgan fingerprint density at radius 2 is 2.29 bits per heavy atom. The lowest BCUT2D eigenvalue weighted by molar-refractivity contribution is 0.786. The molecule has 0 saturated carbocycles. The van der Waals surface area contributed by atoms with Crippen LogP contribution in [0.25, 0.3) is 0 Å². The highest BCUT2D eigenvalue weighted by atomic mass is 35.5. The number of hydrogen-bond acceptors (Lipinski definition) is 2. The molecule has 0 radical (unpaired) electrons. The zero-order valence-corrected chi connectivity index (χ0v) is 9.10. The normalized spacial score (nSPS) is 11.9. The summed E-state index contributed by atoms with van der Waals surface area (Å²) in [7, 11) is 0. The third kappa shape index (κ3) is 2.93. The Morgan fingerprint density at radius 1 is 1.57 bits per heavy atom. The SMILES string of the molecule is Cc1ccc(NCC(C)C#N)c(Cl)c1. The summed E-state index contributed by atoms with van der Waals surface area (Å²) in [6.45, 7) is 4.49. The highest BCUT2D eigenvalue weighted by Crippen LogP contribution is 2.22. The highest BCUT2D eigenvalue weighted by Gasteiger charge is 2.02. The van der Waals surface area contributed by atoms with E-state index in [4.69, 9.17) is 16.9 Å². The molecule has 74 valence electrons. The summed E-state index contributed by atoms with van der Waals surface area (Å²) >= 11 is 6.01. The number of aryl methyl sites for hydroxylation is 1. The van der Waals surface area contributed by atoms with Crippen molar-refractivity contribution in [2.24, 2.45) is 5.92 Å². The molecule has 0 heterocycles. The van der Waals surface area contributed by atoms with Gasteiger partial charge in [0.2, 0.25) is 0 Å². The summed E-state index contributed by atoms with van der Waals surface area (Å²) in [4.78, 5) is 0. The van der Waals surface area contributed by atoms with Crippen molar-refractivity contribution in [1.82, 2.24) is 0 Å². The van der Waals surface area contributed by atoms with Crippen LogP contribution in [0.15, 0.2) is 18.2 Å². The number of anilines is 1. The maximum atomic E-state index is 8.60. The summed E-state index contributed by atoms with van der Waals surface area (Å²) < 4.78 is 0. The van der Waals surface area contributed by atoms with Gasteiger partial charge in [-0.1, -0.05) is 17.7 Å². The Labute approximate surface area is 89.5 Å². The van der Waals surface area contributed by atoms with Gasteiger partial charge >= 0.3 is 0 Å². The molecule has 1 aromatic rings. The maximum absolute atomic E-state index is 8.60. The van der Waals surface area contributed by atoms with E-state index in [1.807, 2.05) is 32.0 Å². The van der Waals surface area contributed by atoms with Crippen molar-refractivity contribution in [3.8, 4) is 6.07 Å². The Hall–Kier alpha value is -1.20. The van der Waals surface area contributed by atoms with E-state index in [1.165, 1.54) is 0 Å². The van der Waals surface area contributed by atoms with Crippen LogP contribution >= 0.6 is 11.6 Å². The summed E-state index contributed by atoms with van der Waals surface area (Å²) in [5.41, 5.74) is 2.02. The second kappa shape index (κ2) is 4.88. The van der Waals surface area contributed by atoms with Gasteiger partial charge in [0.1, 0.15) is 0 Å². The van der Waals surface area contributed by atoms with Crippen molar-refractivity contribution in [3.05, 3.63) is 28.8 Å². The van der Waals surface area contributed by atoms with Crippen LogP contribution in [0.2, 0.25) is 5.02 Å². The van der Waals surface area contributed by atoms with Gasteiger partial charge in [-0.25, -0.2) is 0 Å². The van der Waals surface area contributed by atoms with Gasteiger partial charge < -0.3 is 5.32 Å². The van der Waals surface area contributed by atoms with Crippen molar-refractivity contribution in [3.63, 3.8) is 0 Å². The second-order valence-electron chi connectivity index (χ2n) is 3.39. The van der Waals surface area contributed by atoms with Gasteiger partial charge in [0.15, 0.2) is 0 Å². The van der Waals surface area contributed by atoms with Gasteiger partial charge in [-0.05, 0) is 31.5 Å². The molecule has 0 spiro atoms. The highest BCUT2D eigenvalue weighted by molar-refractivity contribution is 6.33. The Bertz CT molecular complexity index is 355. The fourth-order valence-corrected chi connectivity index (χ4v) is 1.37. The number of nitrogens with zero attached hydrogens (tertiary/aromatic N) is 1. The molecule has 0 saturated heterocycles. The summed E-state index contributed by atoms with van der Waals surface area (Å²) in [6, 6.07) is 7.99. The van der Waals surface area contributed by atoms with Crippen molar-refractivity contribution in [1.29, 1.82) is 5.26 Å². The van der Waals surface area contributed by atoms with E-state index in [9.17, 15) is 0 Å². The van der Waals surface area contributed by atoms with Gasteiger partial charge in [-0.2, -0.15) is 5.26 Å². The predicted octanol–water partition coefficient (Wildman–Crippen LogP) is 3.22. The number of benzene rings is 1. The largest absolute Gasteiger partial charge is 0.383 e. The molecule has 1 N–H and O–H groups in total. The van der Waals surface area contributed by atoms with Crippen LogP contribution in [0, 0.1) is 24.2 Å². The maximum Gasteiger partial charge on any atom is 0.0671 e. The van der Waals surface area contributed by atoms with Gasteiger partial charge in [-0.3, -0.25) is 0 Å². The fourth-order valence-electron chi connectivity index (χ4n) is 1.07. The zero-order chi connectivity index (χ0) is 10.6. The van der Waals surface area contributed by atoms with E-state index in [0.717, 1.165) is 11.3 Å². The van der Waals surface area contributed by atoms with Crippen LogP contribution in [0.1, 0.15) is 12.5 Å². The van der Waals surface area contributed by atoms with E-state index in [-0.39, 0.29) is 5.92 Å². The third-order valence-electron chi connectivity index (χ3n) is 1.94. The summed E-state index contributed by atoms with van der Waals surface area (Å²) in [5, 5.41) is 12.4. The zero-order valence-electron chi connectivity index (χ0n) is 8.34.